The average Bonchev–Trinajstić information content (AvgIpc) is 2.97. The van der Waals surface area contributed by atoms with Gasteiger partial charge in [-0.3, -0.25) is 4.90 Å². The van der Waals surface area contributed by atoms with Crippen LogP contribution in [0, 0.1) is 0 Å². The van der Waals surface area contributed by atoms with Crippen LogP contribution in [0.2, 0.25) is 0 Å². The molecule has 0 bridgehead atoms. The van der Waals surface area contributed by atoms with E-state index >= 15 is 0 Å². The number of methoxy groups -OCH3 is 1. The van der Waals surface area contributed by atoms with Crippen LogP contribution in [-0.4, -0.2) is 79.2 Å². The van der Waals surface area contributed by atoms with Crippen molar-refractivity contribution in [2.45, 2.75) is 12.5 Å². The second kappa shape index (κ2) is 6.03. The fourth-order valence-electron chi connectivity index (χ4n) is 3.13. The molecule has 0 spiro atoms. The standard InChI is InChI=1S/C14H24N6O/c1-18-5-7-19(8-6-18)11-3-4-20(10-11)12-9-13(21-2)17-14(15)16-12/h9,11H,3-8,10H2,1-2H3,(H2,15,16,17). The van der Waals surface area contributed by atoms with Gasteiger partial charge in [-0.05, 0) is 13.5 Å². The number of piperazine rings is 1. The molecule has 2 aliphatic rings. The van der Waals surface area contributed by atoms with E-state index in [0.29, 0.717) is 11.9 Å². The molecule has 7 heteroatoms. The van der Waals surface area contributed by atoms with Crippen molar-refractivity contribution in [3.8, 4) is 5.88 Å². The molecule has 0 amide bonds. The minimum absolute atomic E-state index is 0.271. The highest BCUT2D eigenvalue weighted by molar-refractivity contribution is 5.46. The predicted molar refractivity (Wildman–Crippen MR) is 82.7 cm³/mol. The van der Waals surface area contributed by atoms with E-state index in [0.717, 1.165) is 45.1 Å². The summed E-state index contributed by atoms with van der Waals surface area (Å²) in [6.07, 6.45) is 1.18. The molecule has 2 aliphatic heterocycles. The lowest BCUT2D eigenvalue weighted by molar-refractivity contribution is 0.120. The first-order chi connectivity index (χ1) is 10.2. The summed E-state index contributed by atoms with van der Waals surface area (Å²) in [5, 5.41) is 0. The summed E-state index contributed by atoms with van der Waals surface area (Å²) >= 11 is 0. The van der Waals surface area contributed by atoms with Crippen LogP contribution in [0.25, 0.3) is 0 Å². The lowest BCUT2D eigenvalue weighted by atomic mass is 10.2. The molecule has 21 heavy (non-hydrogen) atoms. The molecular formula is C14H24N6O. The van der Waals surface area contributed by atoms with Gasteiger partial charge in [0.25, 0.3) is 0 Å². The number of nitrogen functional groups attached to an aromatic ring is 1. The summed E-state index contributed by atoms with van der Waals surface area (Å²) in [6, 6.07) is 2.48. The van der Waals surface area contributed by atoms with E-state index in [4.69, 9.17) is 10.5 Å². The van der Waals surface area contributed by atoms with Crippen molar-refractivity contribution in [2.75, 3.05) is 64.1 Å². The van der Waals surface area contributed by atoms with Crippen molar-refractivity contribution in [2.24, 2.45) is 0 Å². The normalized spacial score (nSPS) is 24.5. The van der Waals surface area contributed by atoms with Gasteiger partial charge in [0.1, 0.15) is 5.82 Å². The second-order valence-electron chi connectivity index (χ2n) is 5.85. The molecule has 2 saturated heterocycles. The fraction of sp³-hybridized carbons (Fsp3) is 0.714. The molecule has 1 atom stereocenters. The lowest BCUT2D eigenvalue weighted by Crippen LogP contribution is -2.49. The molecule has 2 N–H and O–H groups in total. The second-order valence-corrected chi connectivity index (χ2v) is 5.85. The SMILES string of the molecule is COc1cc(N2CCC(N3CCN(C)CC3)C2)nc(N)n1. The molecule has 0 radical (unpaired) electrons. The topological polar surface area (TPSA) is 70.8 Å². The number of aromatic nitrogens is 2. The van der Waals surface area contributed by atoms with Crippen LogP contribution < -0.4 is 15.4 Å². The largest absolute Gasteiger partial charge is 0.481 e. The van der Waals surface area contributed by atoms with Crippen molar-refractivity contribution < 1.29 is 4.74 Å². The third-order valence-electron chi connectivity index (χ3n) is 4.46. The minimum Gasteiger partial charge on any atom is -0.481 e. The highest BCUT2D eigenvalue weighted by atomic mass is 16.5. The van der Waals surface area contributed by atoms with Crippen LogP contribution in [0.1, 0.15) is 6.42 Å². The highest BCUT2D eigenvalue weighted by Crippen LogP contribution is 2.25. The number of ether oxygens (including phenoxy) is 1. The molecule has 1 aromatic rings. The molecule has 1 unspecified atom stereocenters. The Morgan fingerprint density at radius 3 is 2.67 bits per heavy atom. The Labute approximate surface area is 125 Å². The zero-order chi connectivity index (χ0) is 14.8. The fourth-order valence-corrected chi connectivity index (χ4v) is 3.13. The van der Waals surface area contributed by atoms with Gasteiger partial charge in [0.05, 0.1) is 7.11 Å². The van der Waals surface area contributed by atoms with Crippen molar-refractivity contribution >= 4 is 11.8 Å². The molecule has 3 rings (SSSR count). The Balaban J connectivity index is 1.65. The summed E-state index contributed by atoms with van der Waals surface area (Å²) in [5.41, 5.74) is 5.75. The van der Waals surface area contributed by atoms with E-state index in [1.807, 2.05) is 6.07 Å². The molecule has 0 aliphatic carbocycles. The Hall–Kier alpha value is -1.60. The van der Waals surface area contributed by atoms with E-state index in [1.165, 1.54) is 6.42 Å². The molecule has 0 aromatic carbocycles. The zero-order valence-electron chi connectivity index (χ0n) is 12.8. The van der Waals surface area contributed by atoms with Crippen LogP contribution in [0.3, 0.4) is 0 Å². The summed E-state index contributed by atoms with van der Waals surface area (Å²) in [7, 11) is 3.79. The number of hydrogen-bond donors (Lipinski definition) is 1. The van der Waals surface area contributed by atoms with Gasteiger partial charge in [0.15, 0.2) is 0 Å². The zero-order valence-corrected chi connectivity index (χ0v) is 12.8. The maximum absolute atomic E-state index is 5.75. The molecular weight excluding hydrogens is 268 g/mol. The number of rotatable bonds is 3. The van der Waals surface area contributed by atoms with E-state index < -0.39 is 0 Å². The first-order valence-corrected chi connectivity index (χ1v) is 7.52. The maximum Gasteiger partial charge on any atom is 0.225 e. The molecule has 1 aromatic heterocycles. The van der Waals surface area contributed by atoms with E-state index in [2.05, 4.69) is 31.7 Å². The van der Waals surface area contributed by atoms with Crippen molar-refractivity contribution in [3.05, 3.63) is 6.07 Å². The van der Waals surface area contributed by atoms with Crippen LogP contribution in [0.5, 0.6) is 5.88 Å². The van der Waals surface area contributed by atoms with Crippen LogP contribution >= 0.6 is 0 Å². The summed E-state index contributed by atoms with van der Waals surface area (Å²) < 4.78 is 5.18. The smallest absolute Gasteiger partial charge is 0.225 e. The third kappa shape index (κ3) is 3.19. The van der Waals surface area contributed by atoms with E-state index in [1.54, 1.807) is 7.11 Å². The van der Waals surface area contributed by atoms with Crippen molar-refractivity contribution in [1.29, 1.82) is 0 Å². The molecule has 2 fully saturated rings. The third-order valence-corrected chi connectivity index (χ3v) is 4.46. The van der Waals surface area contributed by atoms with Gasteiger partial charge in [-0.25, -0.2) is 0 Å². The number of nitrogens with zero attached hydrogens (tertiary/aromatic N) is 5. The van der Waals surface area contributed by atoms with Gasteiger partial charge in [-0.15, -0.1) is 0 Å². The van der Waals surface area contributed by atoms with E-state index in [9.17, 15) is 0 Å². The van der Waals surface area contributed by atoms with E-state index in [-0.39, 0.29) is 5.95 Å². The maximum atomic E-state index is 5.75. The summed E-state index contributed by atoms with van der Waals surface area (Å²) in [5.74, 6) is 1.67. The van der Waals surface area contributed by atoms with Crippen LogP contribution in [-0.2, 0) is 0 Å². The quantitative estimate of drug-likeness (QED) is 0.833. The number of nitrogens with two attached hydrogens (primary N) is 1. The van der Waals surface area contributed by atoms with Gasteiger partial charge in [-0.1, -0.05) is 0 Å². The number of likely N-dealkylation sites (N-methyl/N-ethyl adjacent to an activating group) is 1. The van der Waals surface area contributed by atoms with Crippen molar-refractivity contribution in [1.82, 2.24) is 19.8 Å². The average molecular weight is 292 g/mol. The van der Waals surface area contributed by atoms with Gasteiger partial charge in [-0.2, -0.15) is 9.97 Å². The van der Waals surface area contributed by atoms with Crippen LogP contribution in [0.4, 0.5) is 11.8 Å². The monoisotopic (exact) mass is 292 g/mol. The lowest BCUT2D eigenvalue weighted by Gasteiger charge is -2.36. The first kappa shape index (κ1) is 14.3. The summed E-state index contributed by atoms with van der Waals surface area (Å²) in [4.78, 5) is 15.7. The van der Waals surface area contributed by atoms with Crippen molar-refractivity contribution in [3.63, 3.8) is 0 Å². The summed E-state index contributed by atoms with van der Waals surface area (Å²) in [6.45, 7) is 6.64. The van der Waals surface area contributed by atoms with Gasteiger partial charge < -0.3 is 20.3 Å². The number of anilines is 2. The Kier molecular flexibility index (Phi) is 4.12. The van der Waals surface area contributed by atoms with Gasteiger partial charge in [0.2, 0.25) is 11.8 Å². The molecule has 3 heterocycles. The van der Waals surface area contributed by atoms with Gasteiger partial charge >= 0.3 is 0 Å². The number of hydrogen-bond acceptors (Lipinski definition) is 7. The highest BCUT2D eigenvalue weighted by Gasteiger charge is 2.30. The Morgan fingerprint density at radius 2 is 1.95 bits per heavy atom. The Morgan fingerprint density at radius 1 is 1.19 bits per heavy atom. The molecule has 7 nitrogen and oxygen atoms in total. The van der Waals surface area contributed by atoms with Crippen LogP contribution in [0.15, 0.2) is 6.07 Å². The minimum atomic E-state index is 0.271. The molecule has 0 saturated carbocycles. The van der Waals surface area contributed by atoms with Gasteiger partial charge in [0, 0.05) is 51.4 Å². The Bertz CT molecular complexity index is 488. The first-order valence-electron chi connectivity index (χ1n) is 7.52. The predicted octanol–water partition coefficient (Wildman–Crippen LogP) is -0.106. The molecule has 116 valence electrons.